The van der Waals surface area contributed by atoms with E-state index in [-0.39, 0.29) is 5.91 Å². The van der Waals surface area contributed by atoms with Gasteiger partial charge in [-0.05, 0) is 49.9 Å². The number of hydrogen-bond acceptors (Lipinski definition) is 2. The summed E-state index contributed by atoms with van der Waals surface area (Å²) < 4.78 is 6.67. The van der Waals surface area contributed by atoms with E-state index in [2.05, 4.69) is 28.2 Å². The fraction of sp³-hybridized carbons (Fsp3) is 0.562. The van der Waals surface area contributed by atoms with E-state index in [1.807, 2.05) is 24.3 Å². The van der Waals surface area contributed by atoms with Crippen molar-refractivity contribution in [2.24, 2.45) is 5.92 Å². The molecule has 1 aliphatic carbocycles. The van der Waals surface area contributed by atoms with Crippen LogP contribution in [0.3, 0.4) is 0 Å². The second-order valence-electron chi connectivity index (χ2n) is 5.59. The van der Waals surface area contributed by atoms with E-state index < -0.39 is 6.10 Å². The van der Waals surface area contributed by atoms with E-state index in [4.69, 9.17) is 4.74 Å². The van der Waals surface area contributed by atoms with Crippen molar-refractivity contribution in [1.82, 2.24) is 5.32 Å². The first-order valence-corrected chi connectivity index (χ1v) is 8.08. The van der Waals surface area contributed by atoms with Crippen molar-refractivity contribution in [3.05, 3.63) is 28.7 Å². The van der Waals surface area contributed by atoms with Gasteiger partial charge in [-0.3, -0.25) is 4.79 Å². The van der Waals surface area contributed by atoms with Gasteiger partial charge in [0.1, 0.15) is 5.75 Å². The zero-order chi connectivity index (χ0) is 14.5. The Labute approximate surface area is 129 Å². The molecule has 3 unspecified atom stereocenters. The molecule has 1 aliphatic rings. The third-order valence-electron chi connectivity index (χ3n) is 3.93. The number of halogens is 1. The van der Waals surface area contributed by atoms with Crippen molar-refractivity contribution >= 4 is 21.8 Å². The molecule has 4 heteroatoms. The maximum Gasteiger partial charge on any atom is 0.261 e. The van der Waals surface area contributed by atoms with E-state index in [1.54, 1.807) is 6.92 Å². The summed E-state index contributed by atoms with van der Waals surface area (Å²) in [7, 11) is 0. The van der Waals surface area contributed by atoms with Crippen molar-refractivity contribution in [1.29, 1.82) is 0 Å². The van der Waals surface area contributed by atoms with Gasteiger partial charge in [-0.25, -0.2) is 0 Å². The topological polar surface area (TPSA) is 38.3 Å². The molecule has 110 valence electrons. The molecule has 1 saturated carbocycles. The molecule has 0 saturated heterocycles. The van der Waals surface area contributed by atoms with Crippen LogP contribution in [0.4, 0.5) is 0 Å². The van der Waals surface area contributed by atoms with Crippen LogP contribution >= 0.6 is 15.9 Å². The molecule has 1 aromatic rings. The SMILES string of the molecule is CC(Oc1ccc(Br)cc1)C(=O)NC1CCCCC1C. The Morgan fingerprint density at radius 1 is 1.30 bits per heavy atom. The number of carbonyl (C=O) groups is 1. The first-order valence-electron chi connectivity index (χ1n) is 7.29. The van der Waals surface area contributed by atoms with Crippen molar-refractivity contribution in [2.75, 3.05) is 0 Å². The molecular formula is C16H22BrNO2. The second kappa shape index (κ2) is 7.11. The van der Waals surface area contributed by atoms with Crippen LogP contribution in [0.5, 0.6) is 5.75 Å². The third-order valence-corrected chi connectivity index (χ3v) is 4.46. The summed E-state index contributed by atoms with van der Waals surface area (Å²) in [6.45, 7) is 4.01. The molecule has 0 radical (unpaired) electrons. The average Bonchev–Trinajstić information content (AvgIpc) is 2.44. The molecule has 1 N–H and O–H groups in total. The largest absolute Gasteiger partial charge is 0.481 e. The third kappa shape index (κ3) is 4.23. The fourth-order valence-corrected chi connectivity index (χ4v) is 2.87. The standard InChI is InChI=1S/C16H22BrNO2/c1-11-5-3-4-6-15(11)18-16(19)12(2)20-14-9-7-13(17)8-10-14/h7-12,15H,3-6H2,1-2H3,(H,18,19). The lowest BCUT2D eigenvalue weighted by Gasteiger charge is -2.30. The number of amides is 1. The number of nitrogens with one attached hydrogen (secondary N) is 1. The van der Waals surface area contributed by atoms with E-state index in [9.17, 15) is 4.79 Å². The van der Waals surface area contributed by atoms with Crippen LogP contribution in [0.25, 0.3) is 0 Å². The maximum absolute atomic E-state index is 12.2. The molecule has 2 rings (SSSR count). The summed E-state index contributed by atoms with van der Waals surface area (Å²) in [5.41, 5.74) is 0. The van der Waals surface area contributed by atoms with Gasteiger partial charge in [0.15, 0.2) is 6.10 Å². The van der Waals surface area contributed by atoms with Crippen molar-refractivity contribution in [2.45, 2.75) is 51.7 Å². The quantitative estimate of drug-likeness (QED) is 0.902. The van der Waals surface area contributed by atoms with E-state index in [1.165, 1.54) is 19.3 Å². The molecule has 3 nitrogen and oxygen atoms in total. The molecular weight excluding hydrogens is 318 g/mol. The van der Waals surface area contributed by atoms with Gasteiger partial charge < -0.3 is 10.1 Å². The van der Waals surface area contributed by atoms with Crippen LogP contribution in [-0.4, -0.2) is 18.1 Å². The summed E-state index contributed by atoms with van der Waals surface area (Å²) in [6, 6.07) is 7.83. The Morgan fingerprint density at radius 2 is 1.95 bits per heavy atom. The average molecular weight is 340 g/mol. The van der Waals surface area contributed by atoms with Crippen LogP contribution in [0.2, 0.25) is 0 Å². The highest BCUT2D eigenvalue weighted by atomic mass is 79.9. The summed E-state index contributed by atoms with van der Waals surface area (Å²) in [5.74, 6) is 1.26. The van der Waals surface area contributed by atoms with Gasteiger partial charge in [0.05, 0.1) is 0 Å². The number of hydrogen-bond donors (Lipinski definition) is 1. The van der Waals surface area contributed by atoms with Gasteiger partial charge in [-0.2, -0.15) is 0 Å². The van der Waals surface area contributed by atoms with Crippen molar-refractivity contribution in [3.63, 3.8) is 0 Å². The lowest BCUT2D eigenvalue weighted by atomic mass is 9.86. The molecule has 0 bridgehead atoms. The second-order valence-corrected chi connectivity index (χ2v) is 6.51. The highest BCUT2D eigenvalue weighted by molar-refractivity contribution is 9.10. The summed E-state index contributed by atoms with van der Waals surface area (Å²) in [6.07, 6.45) is 4.30. The molecule has 1 aromatic carbocycles. The molecule has 0 heterocycles. The minimum atomic E-state index is -0.467. The minimum absolute atomic E-state index is 0.0216. The van der Waals surface area contributed by atoms with Crippen LogP contribution in [0.1, 0.15) is 39.5 Å². The molecule has 0 spiro atoms. The number of rotatable bonds is 4. The zero-order valence-electron chi connectivity index (χ0n) is 12.1. The smallest absolute Gasteiger partial charge is 0.261 e. The fourth-order valence-electron chi connectivity index (χ4n) is 2.60. The predicted molar refractivity (Wildman–Crippen MR) is 83.8 cm³/mol. The summed E-state index contributed by atoms with van der Waals surface area (Å²) >= 11 is 3.38. The summed E-state index contributed by atoms with van der Waals surface area (Å²) in [5, 5.41) is 3.13. The van der Waals surface area contributed by atoms with E-state index in [0.717, 1.165) is 10.9 Å². The molecule has 20 heavy (non-hydrogen) atoms. The molecule has 1 fully saturated rings. The van der Waals surface area contributed by atoms with Crippen LogP contribution < -0.4 is 10.1 Å². The van der Waals surface area contributed by atoms with Gasteiger partial charge in [0, 0.05) is 10.5 Å². The van der Waals surface area contributed by atoms with Gasteiger partial charge in [-0.1, -0.05) is 35.7 Å². The molecule has 0 aliphatic heterocycles. The Balaban J connectivity index is 1.86. The van der Waals surface area contributed by atoms with Crippen LogP contribution in [-0.2, 0) is 4.79 Å². The Kier molecular flexibility index (Phi) is 5.46. The van der Waals surface area contributed by atoms with Crippen LogP contribution in [0.15, 0.2) is 28.7 Å². The van der Waals surface area contributed by atoms with Gasteiger partial charge in [0.25, 0.3) is 5.91 Å². The predicted octanol–water partition coefficient (Wildman–Crippen LogP) is 3.91. The zero-order valence-corrected chi connectivity index (χ0v) is 13.7. The van der Waals surface area contributed by atoms with Crippen molar-refractivity contribution < 1.29 is 9.53 Å². The lowest BCUT2D eigenvalue weighted by molar-refractivity contribution is -0.128. The van der Waals surface area contributed by atoms with Crippen LogP contribution in [0, 0.1) is 5.92 Å². The van der Waals surface area contributed by atoms with E-state index in [0.29, 0.717) is 17.7 Å². The highest BCUT2D eigenvalue weighted by Crippen LogP contribution is 2.24. The lowest BCUT2D eigenvalue weighted by Crippen LogP contribution is -2.46. The van der Waals surface area contributed by atoms with Gasteiger partial charge >= 0.3 is 0 Å². The Hall–Kier alpha value is -1.03. The van der Waals surface area contributed by atoms with Gasteiger partial charge in [0.2, 0.25) is 0 Å². The first kappa shape index (κ1) is 15.4. The minimum Gasteiger partial charge on any atom is -0.481 e. The molecule has 1 amide bonds. The maximum atomic E-state index is 12.2. The first-order chi connectivity index (χ1) is 9.56. The molecule has 3 atom stereocenters. The van der Waals surface area contributed by atoms with Gasteiger partial charge in [-0.15, -0.1) is 0 Å². The number of benzene rings is 1. The normalized spacial score (nSPS) is 23.9. The monoisotopic (exact) mass is 339 g/mol. The Bertz CT molecular complexity index is 446. The highest BCUT2D eigenvalue weighted by Gasteiger charge is 2.25. The van der Waals surface area contributed by atoms with E-state index >= 15 is 0 Å². The molecule has 0 aromatic heterocycles. The summed E-state index contributed by atoms with van der Waals surface area (Å²) in [4.78, 5) is 12.2. The van der Waals surface area contributed by atoms with Crippen molar-refractivity contribution in [3.8, 4) is 5.75 Å². The number of carbonyl (C=O) groups excluding carboxylic acids is 1. The number of ether oxygens (including phenoxy) is 1. The Morgan fingerprint density at radius 3 is 2.60 bits per heavy atom.